The third-order valence-corrected chi connectivity index (χ3v) is 3.05. The number of nitrogens with zero attached hydrogens (tertiary/aromatic N) is 1. The maximum Gasteiger partial charge on any atom is 0.148 e. The maximum absolute atomic E-state index is 9.52. The molecule has 1 heterocycles. The number of benzene rings is 1. The molecule has 0 bridgehead atoms. The largest absolute Gasteiger partial charge is 0.505 e. The molecule has 0 aliphatic rings. The zero-order valence-electron chi connectivity index (χ0n) is 7.72. The number of halogens is 1. The Bertz CT molecular complexity index is 458. The predicted molar refractivity (Wildman–Crippen MR) is 61.5 cm³/mol. The van der Waals surface area contributed by atoms with E-state index < -0.39 is 0 Å². The molecular weight excluding hydrogens is 230 g/mol. The van der Waals surface area contributed by atoms with Crippen molar-refractivity contribution < 1.29 is 5.11 Å². The molecule has 0 aliphatic carbocycles. The Morgan fingerprint density at radius 2 is 1.87 bits per heavy atom. The molecule has 0 aliphatic heterocycles. The molecule has 1 aromatic carbocycles. The van der Waals surface area contributed by atoms with Crippen molar-refractivity contribution in [1.82, 2.24) is 4.98 Å². The molecule has 1 aromatic heterocycles. The van der Waals surface area contributed by atoms with Gasteiger partial charge in [0.05, 0.1) is 0 Å². The van der Waals surface area contributed by atoms with Gasteiger partial charge in [0.25, 0.3) is 0 Å². The summed E-state index contributed by atoms with van der Waals surface area (Å²) >= 11 is 7.17. The van der Waals surface area contributed by atoms with Gasteiger partial charge in [-0.05, 0) is 36.4 Å². The molecule has 0 fully saturated rings. The number of hydrogen-bond acceptors (Lipinski definition) is 3. The van der Waals surface area contributed by atoms with Crippen LogP contribution in [-0.4, -0.2) is 10.1 Å². The lowest BCUT2D eigenvalue weighted by Crippen LogP contribution is -1.79. The minimum Gasteiger partial charge on any atom is -0.505 e. The van der Waals surface area contributed by atoms with Crippen LogP contribution in [0.4, 0.5) is 0 Å². The molecule has 1 N–H and O–H groups in total. The van der Waals surface area contributed by atoms with Crippen LogP contribution in [0.5, 0.6) is 5.75 Å². The second-order valence-electron chi connectivity index (χ2n) is 2.88. The third-order valence-electron chi connectivity index (χ3n) is 1.78. The van der Waals surface area contributed by atoms with Crippen molar-refractivity contribution in [2.45, 2.75) is 9.92 Å². The number of rotatable bonds is 2. The molecule has 0 amide bonds. The average Bonchev–Trinajstić information content (AvgIpc) is 2.25. The quantitative estimate of drug-likeness (QED) is 0.867. The number of hydrogen-bond donors (Lipinski definition) is 1. The Morgan fingerprint density at radius 1 is 1.13 bits per heavy atom. The van der Waals surface area contributed by atoms with Crippen LogP contribution in [0.15, 0.2) is 52.5 Å². The Morgan fingerprint density at radius 3 is 2.53 bits per heavy atom. The first-order chi connectivity index (χ1) is 7.25. The second-order valence-corrected chi connectivity index (χ2v) is 4.38. The third kappa shape index (κ3) is 2.64. The Hall–Kier alpha value is -1.19. The summed E-state index contributed by atoms with van der Waals surface area (Å²) < 4.78 is 0. The van der Waals surface area contributed by atoms with E-state index >= 15 is 0 Å². The zero-order chi connectivity index (χ0) is 10.7. The van der Waals surface area contributed by atoms with E-state index in [1.165, 1.54) is 11.8 Å². The van der Waals surface area contributed by atoms with Crippen molar-refractivity contribution in [3.63, 3.8) is 0 Å². The summed E-state index contributed by atoms with van der Waals surface area (Å²) in [6.07, 6.45) is 1.65. The van der Waals surface area contributed by atoms with Crippen LogP contribution in [0.2, 0.25) is 5.02 Å². The fraction of sp³-hybridized carbons (Fsp3) is 0. The summed E-state index contributed by atoms with van der Waals surface area (Å²) in [6, 6.07) is 10.7. The van der Waals surface area contributed by atoms with Gasteiger partial charge in [0.2, 0.25) is 0 Å². The molecule has 0 unspecified atom stereocenters. The summed E-state index contributed by atoms with van der Waals surface area (Å²) in [5, 5.41) is 10.8. The lowest BCUT2D eigenvalue weighted by Gasteiger charge is -2.02. The molecule has 0 saturated carbocycles. The zero-order valence-corrected chi connectivity index (χ0v) is 9.29. The first kappa shape index (κ1) is 10.3. The molecule has 4 heteroatoms. The van der Waals surface area contributed by atoms with Crippen molar-refractivity contribution in [3.8, 4) is 5.75 Å². The van der Waals surface area contributed by atoms with Crippen LogP contribution >= 0.6 is 23.4 Å². The van der Waals surface area contributed by atoms with Gasteiger partial charge < -0.3 is 5.11 Å². The standard InChI is InChI=1S/C11H8ClNOS/c12-8-3-5-9(6-4-8)15-11-10(14)2-1-7-13-11/h1-7,14H. The van der Waals surface area contributed by atoms with Crippen LogP contribution in [0.25, 0.3) is 0 Å². The summed E-state index contributed by atoms with van der Waals surface area (Å²) in [5.74, 6) is 0.192. The molecule has 2 rings (SSSR count). The van der Waals surface area contributed by atoms with Crippen LogP contribution in [0, 0.1) is 0 Å². The maximum atomic E-state index is 9.52. The van der Waals surface area contributed by atoms with Crippen molar-refractivity contribution in [1.29, 1.82) is 0 Å². The van der Waals surface area contributed by atoms with Gasteiger partial charge in [-0.1, -0.05) is 23.4 Å². The molecule has 2 nitrogen and oxygen atoms in total. The van der Waals surface area contributed by atoms with Crippen LogP contribution < -0.4 is 0 Å². The number of pyridine rings is 1. The van der Waals surface area contributed by atoms with Crippen molar-refractivity contribution in [2.24, 2.45) is 0 Å². The van der Waals surface area contributed by atoms with E-state index in [9.17, 15) is 5.11 Å². The van der Waals surface area contributed by atoms with E-state index in [2.05, 4.69) is 4.98 Å². The molecule has 76 valence electrons. The summed E-state index contributed by atoms with van der Waals surface area (Å²) in [4.78, 5) is 5.07. The molecular formula is C11H8ClNOS. The predicted octanol–water partition coefficient (Wildman–Crippen LogP) is 3.59. The van der Waals surface area contributed by atoms with Crippen LogP contribution in [0.1, 0.15) is 0 Å². The highest BCUT2D eigenvalue weighted by Crippen LogP contribution is 2.32. The Kier molecular flexibility index (Phi) is 3.14. The van der Waals surface area contributed by atoms with Gasteiger partial charge in [0.1, 0.15) is 10.8 Å². The van der Waals surface area contributed by atoms with Gasteiger partial charge >= 0.3 is 0 Å². The first-order valence-electron chi connectivity index (χ1n) is 4.33. The SMILES string of the molecule is Oc1cccnc1Sc1ccc(Cl)cc1. The highest BCUT2D eigenvalue weighted by atomic mass is 35.5. The van der Waals surface area contributed by atoms with E-state index in [4.69, 9.17) is 11.6 Å². The Labute approximate surface area is 96.9 Å². The Balaban J connectivity index is 2.22. The topological polar surface area (TPSA) is 33.1 Å². The molecule has 15 heavy (non-hydrogen) atoms. The summed E-state index contributed by atoms with van der Waals surface area (Å²) in [6.45, 7) is 0. The van der Waals surface area contributed by atoms with Crippen molar-refractivity contribution >= 4 is 23.4 Å². The van der Waals surface area contributed by atoms with Gasteiger partial charge in [-0.15, -0.1) is 0 Å². The molecule has 0 spiro atoms. The molecule has 0 atom stereocenters. The van der Waals surface area contributed by atoms with E-state index in [0.29, 0.717) is 10.0 Å². The average molecular weight is 238 g/mol. The number of aromatic nitrogens is 1. The second kappa shape index (κ2) is 4.55. The lowest BCUT2D eigenvalue weighted by atomic mass is 10.4. The highest BCUT2D eigenvalue weighted by molar-refractivity contribution is 7.99. The van der Waals surface area contributed by atoms with Gasteiger partial charge in [-0.25, -0.2) is 4.98 Å². The smallest absolute Gasteiger partial charge is 0.148 e. The molecule has 0 saturated heterocycles. The minimum atomic E-state index is 0.192. The minimum absolute atomic E-state index is 0.192. The first-order valence-corrected chi connectivity index (χ1v) is 5.52. The highest BCUT2D eigenvalue weighted by Gasteiger charge is 2.03. The van der Waals surface area contributed by atoms with Crippen molar-refractivity contribution in [2.75, 3.05) is 0 Å². The van der Waals surface area contributed by atoms with Crippen LogP contribution in [-0.2, 0) is 0 Å². The summed E-state index contributed by atoms with van der Waals surface area (Å²) in [7, 11) is 0. The van der Waals surface area contributed by atoms with E-state index in [1.807, 2.05) is 24.3 Å². The van der Waals surface area contributed by atoms with Gasteiger partial charge in [0.15, 0.2) is 0 Å². The number of aromatic hydroxyl groups is 1. The van der Waals surface area contributed by atoms with Crippen LogP contribution in [0.3, 0.4) is 0 Å². The van der Waals surface area contributed by atoms with Gasteiger partial charge in [0, 0.05) is 16.1 Å². The summed E-state index contributed by atoms with van der Waals surface area (Å²) in [5.41, 5.74) is 0. The monoisotopic (exact) mass is 237 g/mol. The lowest BCUT2D eigenvalue weighted by molar-refractivity contribution is 0.457. The van der Waals surface area contributed by atoms with Gasteiger partial charge in [-0.3, -0.25) is 0 Å². The normalized spacial score (nSPS) is 10.2. The molecule has 2 aromatic rings. The van der Waals surface area contributed by atoms with E-state index in [0.717, 1.165) is 4.90 Å². The van der Waals surface area contributed by atoms with Crippen molar-refractivity contribution in [3.05, 3.63) is 47.6 Å². The van der Waals surface area contributed by atoms with E-state index in [1.54, 1.807) is 18.3 Å². The van der Waals surface area contributed by atoms with Gasteiger partial charge in [-0.2, -0.15) is 0 Å². The molecule has 0 radical (unpaired) electrons. The fourth-order valence-electron chi connectivity index (χ4n) is 1.08. The fourth-order valence-corrected chi connectivity index (χ4v) is 1.98. The van der Waals surface area contributed by atoms with E-state index in [-0.39, 0.29) is 5.75 Å².